The molecule has 0 heterocycles. The molecule has 1 N–H and O–H groups in total. The van der Waals surface area contributed by atoms with Gasteiger partial charge in [0.1, 0.15) is 0 Å². The Hall–Kier alpha value is -1.87. The van der Waals surface area contributed by atoms with Crippen molar-refractivity contribution in [2.24, 2.45) is 0 Å². The van der Waals surface area contributed by atoms with E-state index >= 15 is 0 Å². The van der Waals surface area contributed by atoms with Crippen LogP contribution in [0, 0.1) is 0 Å². The Bertz CT molecular complexity index is 532. The first-order chi connectivity index (χ1) is 7.76. The largest absolute Gasteiger partial charge is 0.465 e. The number of benzene rings is 2. The summed E-state index contributed by atoms with van der Waals surface area (Å²) in [4.78, 5) is 11.5. The number of rotatable bonds is 2. The molecule has 0 saturated carbocycles. The van der Waals surface area contributed by atoms with E-state index in [-0.39, 0.29) is 12.6 Å². The number of aliphatic hydroxyl groups excluding tert-OH is 1. The number of hydrogen-bond acceptors (Lipinski definition) is 3. The molecule has 2 rings (SSSR count). The van der Waals surface area contributed by atoms with Crippen LogP contribution in [0.1, 0.15) is 15.9 Å². The molecular weight excluding hydrogens is 204 g/mol. The predicted octanol–water partition coefficient (Wildman–Crippen LogP) is 2.12. The molecule has 16 heavy (non-hydrogen) atoms. The third-order valence-electron chi connectivity index (χ3n) is 2.53. The van der Waals surface area contributed by atoms with Gasteiger partial charge in [0.05, 0.1) is 19.3 Å². The van der Waals surface area contributed by atoms with Gasteiger partial charge in [0, 0.05) is 0 Å². The molecule has 0 fully saturated rings. The average Bonchev–Trinajstić information content (AvgIpc) is 2.36. The third-order valence-corrected chi connectivity index (χ3v) is 2.53. The summed E-state index contributed by atoms with van der Waals surface area (Å²) >= 11 is 0. The van der Waals surface area contributed by atoms with E-state index in [1.54, 1.807) is 18.2 Å². The molecule has 82 valence electrons. The topological polar surface area (TPSA) is 46.5 Å². The molecule has 2 aromatic rings. The van der Waals surface area contributed by atoms with E-state index in [1.807, 2.05) is 18.2 Å². The summed E-state index contributed by atoms with van der Waals surface area (Å²) < 4.78 is 4.71. The van der Waals surface area contributed by atoms with Crippen LogP contribution < -0.4 is 0 Å². The maximum absolute atomic E-state index is 11.5. The molecule has 3 heteroatoms. The summed E-state index contributed by atoms with van der Waals surface area (Å²) in [5.41, 5.74) is 1.37. The van der Waals surface area contributed by atoms with Gasteiger partial charge in [-0.25, -0.2) is 4.79 Å². The van der Waals surface area contributed by atoms with Crippen LogP contribution in [0.4, 0.5) is 0 Å². The quantitative estimate of drug-likeness (QED) is 0.782. The first-order valence-electron chi connectivity index (χ1n) is 4.97. The highest BCUT2D eigenvalue weighted by molar-refractivity contribution is 6.04. The molecule has 0 bridgehead atoms. The highest BCUT2D eigenvalue weighted by Gasteiger charge is 2.09. The Morgan fingerprint density at radius 3 is 2.81 bits per heavy atom. The third kappa shape index (κ3) is 1.77. The van der Waals surface area contributed by atoms with Crippen molar-refractivity contribution in [3.63, 3.8) is 0 Å². The second-order valence-electron chi connectivity index (χ2n) is 3.51. The van der Waals surface area contributed by atoms with Crippen LogP contribution >= 0.6 is 0 Å². The van der Waals surface area contributed by atoms with E-state index in [4.69, 9.17) is 9.84 Å². The van der Waals surface area contributed by atoms with Gasteiger partial charge in [-0.1, -0.05) is 24.3 Å². The number of fused-ring (bicyclic) bond motifs is 1. The first-order valence-corrected chi connectivity index (χ1v) is 4.97. The Balaban J connectivity index is 2.65. The van der Waals surface area contributed by atoms with Crippen molar-refractivity contribution >= 4 is 16.7 Å². The van der Waals surface area contributed by atoms with Crippen molar-refractivity contribution < 1.29 is 14.6 Å². The summed E-state index contributed by atoms with van der Waals surface area (Å²) in [5, 5.41) is 10.8. The van der Waals surface area contributed by atoms with Crippen molar-refractivity contribution in [2.45, 2.75) is 6.61 Å². The fraction of sp³-hybridized carbons (Fsp3) is 0.154. The SMILES string of the molecule is COC(=O)c1cccc2cc(CO)ccc12. The first kappa shape index (κ1) is 10.6. The summed E-state index contributed by atoms with van der Waals surface area (Å²) in [6.07, 6.45) is 0. The predicted molar refractivity (Wildman–Crippen MR) is 61.2 cm³/mol. The molecule has 0 aromatic heterocycles. The van der Waals surface area contributed by atoms with Crippen LogP contribution in [0.25, 0.3) is 10.8 Å². The summed E-state index contributed by atoms with van der Waals surface area (Å²) in [5.74, 6) is -0.345. The minimum atomic E-state index is -0.345. The lowest BCUT2D eigenvalue weighted by Crippen LogP contribution is -2.01. The van der Waals surface area contributed by atoms with Crippen molar-refractivity contribution in [3.8, 4) is 0 Å². The van der Waals surface area contributed by atoms with Crippen LogP contribution in [0.15, 0.2) is 36.4 Å². The molecule has 2 aromatic carbocycles. The van der Waals surface area contributed by atoms with Crippen LogP contribution in [0.2, 0.25) is 0 Å². The molecule has 0 unspecified atom stereocenters. The Morgan fingerprint density at radius 2 is 2.12 bits per heavy atom. The Labute approximate surface area is 93.3 Å². The van der Waals surface area contributed by atoms with Gasteiger partial charge in [-0.15, -0.1) is 0 Å². The molecule has 0 aliphatic heterocycles. The molecular formula is C13H12O3. The Kier molecular flexibility index (Phi) is 2.88. The molecule has 0 atom stereocenters. The van der Waals surface area contributed by atoms with E-state index in [1.165, 1.54) is 7.11 Å². The molecule has 0 radical (unpaired) electrons. The monoisotopic (exact) mass is 216 g/mol. The van der Waals surface area contributed by atoms with Gasteiger partial charge in [-0.3, -0.25) is 0 Å². The molecule has 0 aliphatic rings. The summed E-state index contributed by atoms with van der Waals surface area (Å²) in [6, 6.07) is 10.9. The smallest absolute Gasteiger partial charge is 0.338 e. The van der Waals surface area contributed by atoms with E-state index in [0.29, 0.717) is 5.56 Å². The zero-order chi connectivity index (χ0) is 11.5. The highest BCUT2D eigenvalue weighted by Crippen LogP contribution is 2.21. The number of aliphatic hydroxyl groups is 1. The summed E-state index contributed by atoms with van der Waals surface area (Å²) in [6.45, 7) is -0.00160. The highest BCUT2D eigenvalue weighted by atomic mass is 16.5. The van der Waals surface area contributed by atoms with Crippen LogP contribution in [0.5, 0.6) is 0 Å². The van der Waals surface area contributed by atoms with Gasteiger partial charge >= 0.3 is 5.97 Å². The maximum Gasteiger partial charge on any atom is 0.338 e. The Morgan fingerprint density at radius 1 is 1.31 bits per heavy atom. The van der Waals surface area contributed by atoms with Crippen LogP contribution in [0.3, 0.4) is 0 Å². The minimum absolute atomic E-state index is 0.00160. The number of methoxy groups -OCH3 is 1. The molecule has 0 aliphatic carbocycles. The lowest BCUT2D eigenvalue weighted by molar-refractivity contribution is 0.0603. The maximum atomic E-state index is 11.5. The van der Waals surface area contributed by atoms with E-state index < -0.39 is 0 Å². The minimum Gasteiger partial charge on any atom is -0.465 e. The standard InChI is InChI=1S/C13H12O3/c1-16-13(15)12-4-2-3-10-7-9(8-14)5-6-11(10)12/h2-7,14H,8H2,1H3. The van der Waals surface area contributed by atoms with E-state index in [9.17, 15) is 4.79 Å². The molecule has 3 nitrogen and oxygen atoms in total. The van der Waals surface area contributed by atoms with Gasteiger partial charge in [0.25, 0.3) is 0 Å². The van der Waals surface area contributed by atoms with Gasteiger partial charge in [-0.05, 0) is 28.5 Å². The number of hydrogen-bond donors (Lipinski definition) is 1. The second kappa shape index (κ2) is 4.33. The number of ether oxygens (including phenoxy) is 1. The summed E-state index contributed by atoms with van der Waals surface area (Å²) in [7, 11) is 1.36. The van der Waals surface area contributed by atoms with E-state index in [0.717, 1.165) is 16.3 Å². The molecule has 0 amide bonds. The number of carbonyl (C=O) groups excluding carboxylic acids is 1. The van der Waals surface area contributed by atoms with Crippen molar-refractivity contribution in [3.05, 3.63) is 47.5 Å². The van der Waals surface area contributed by atoms with Crippen molar-refractivity contribution in [1.29, 1.82) is 0 Å². The van der Waals surface area contributed by atoms with Gasteiger partial charge in [0.15, 0.2) is 0 Å². The van der Waals surface area contributed by atoms with Gasteiger partial charge in [-0.2, -0.15) is 0 Å². The zero-order valence-corrected chi connectivity index (χ0v) is 8.93. The lowest BCUT2D eigenvalue weighted by Gasteiger charge is -2.05. The lowest BCUT2D eigenvalue weighted by atomic mass is 10.0. The fourth-order valence-electron chi connectivity index (χ4n) is 1.72. The van der Waals surface area contributed by atoms with Gasteiger partial charge < -0.3 is 9.84 Å². The van der Waals surface area contributed by atoms with Gasteiger partial charge in [0.2, 0.25) is 0 Å². The van der Waals surface area contributed by atoms with Crippen molar-refractivity contribution in [1.82, 2.24) is 0 Å². The average molecular weight is 216 g/mol. The zero-order valence-electron chi connectivity index (χ0n) is 8.93. The number of esters is 1. The number of carbonyl (C=O) groups is 1. The van der Waals surface area contributed by atoms with E-state index in [2.05, 4.69) is 0 Å². The van der Waals surface area contributed by atoms with Crippen LogP contribution in [-0.4, -0.2) is 18.2 Å². The van der Waals surface area contributed by atoms with Crippen LogP contribution in [-0.2, 0) is 11.3 Å². The second-order valence-corrected chi connectivity index (χ2v) is 3.51. The normalized spacial score (nSPS) is 10.4. The molecule has 0 saturated heterocycles. The van der Waals surface area contributed by atoms with Crippen molar-refractivity contribution in [2.75, 3.05) is 7.11 Å². The molecule has 0 spiro atoms. The fourth-order valence-corrected chi connectivity index (χ4v) is 1.72.